The van der Waals surface area contributed by atoms with Crippen LogP contribution in [0.25, 0.3) is 0 Å². The standard InChI is InChI=1S/C6H12P2S/c9-8-5-1-3-7(8)4-2-6-8/h1-6H2. The molecule has 0 spiro atoms. The summed E-state index contributed by atoms with van der Waals surface area (Å²) in [5.74, 6) is 0. The van der Waals surface area contributed by atoms with Gasteiger partial charge in [-0.2, -0.15) is 0 Å². The van der Waals surface area contributed by atoms with Gasteiger partial charge in [-0.3, -0.25) is 0 Å². The maximum atomic E-state index is 5.69. The molecule has 0 nitrogen and oxygen atoms in total. The average Bonchev–Trinajstić information content (AvgIpc) is 2.22. The van der Waals surface area contributed by atoms with Crippen molar-refractivity contribution in [2.45, 2.75) is 12.8 Å². The van der Waals surface area contributed by atoms with Crippen LogP contribution in [0.15, 0.2) is 0 Å². The maximum Gasteiger partial charge on any atom is -0.0195 e. The fourth-order valence-electron chi connectivity index (χ4n) is 1.87. The fraction of sp³-hybridized carbons (Fsp3) is 1.00. The van der Waals surface area contributed by atoms with Gasteiger partial charge in [0.25, 0.3) is 0 Å². The van der Waals surface area contributed by atoms with E-state index in [0.717, 1.165) is 0 Å². The third-order valence-corrected chi connectivity index (χ3v) is 15.8. The third-order valence-electron chi connectivity index (χ3n) is 2.36. The maximum absolute atomic E-state index is 5.69. The predicted molar refractivity (Wildman–Crippen MR) is 49.9 cm³/mol. The number of fused-ring (bicyclic) bond motifs is 1. The second kappa shape index (κ2) is 2.29. The number of rotatable bonds is 0. The minimum Gasteiger partial charge on any atom is -0.0927 e. The Hall–Kier alpha value is 1.08. The summed E-state index contributed by atoms with van der Waals surface area (Å²) in [6, 6.07) is 0. The van der Waals surface area contributed by atoms with Crippen molar-refractivity contribution in [1.82, 2.24) is 0 Å². The lowest BCUT2D eigenvalue weighted by Crippen LogP contribution is -1.81. The van der Waals surface area contributed by atoms with E-state index in [1.807, 2.05) is 0 Å². The van der Waals surface area contributed by atoms with Crippen LogP contribution >= 0.6 is 13.3 Å². The van der Waals surface area contributed by atoms with Crippen LogP contribution in [0.5, 0.6) is 0 Å². The smallest absolute Gasteiger partial charge is 0.0195 e. The molecule has 0 bridgehead atoms. The summed E-state index contributed by atoms with van der Waals surface area (Å²) < 4.78 is 0. The van der Waals surface area contributed by atoms with E-state index in [9.17, 15) is 0 Å². The molecule has 9 heavy (non-hydrogen) atoms. The summed E-state index contributed by atoms with van der Waals surface area (Å²) in [6.45, 7) is 0. The highest BCUT2D eigenvalue weighted by Gasteiger charge is 2.36. The minimum absolute atomic E-state index is 0.451. The SMILES string of the molecule is S=P12CCCP1CCC2. The van der Waals surface area contributed by atoms with Crippen LogP contribution in [0.4, 0.5) is 0 Å². The van der Waals surface area contributed by atoms with Crippen LogP contribution < -0.4 is 0 Å². The van der Waals surface area contributed by atoms with E-state index in [0.29, 0.717) is 7.61 Å². The second-order valence-corrected chi connectivity index (χ2v) is 14.4. The lowest BCUT2D eigenvalue weighted by Gasteiger charge is -2.13. The molecule has 2 aliphatic heterocycles. The highest BCUT2D eigenvalue weighted by molar-refractivity contribution is 8.53. The Balaban J connectivity index is 2.27. The molecular formula is C6H12P2S. The Morgan fingerprint density at radius 3 is 2.11 bits per heavy atom. The van der Waals surface area contributed by atoms with E-state index in [-0.39, 0.29) is 0 Å². The van der Waals surface area contributed by atoms with Gasteiger partial charge in [-0.15, -0.1) is 0 Å². The van der Waals surface area contributed by atoms with Crippen LogP contribution in [0.1, 0.15) is 12.8 Å². The van der Waals surface area contributed by atoms with Crippen molar-refractivity contribution in [3.05, 3.63) is 0 Å². The van der Waals surface area contributed by atoms with Gasteiger partial charge in [0.15, 0.2) is 0 Å². The molecule has 0 aliphatic carbocycles. The Labute approximate surface area is 63.1 Å². The molecule has 0 aromatic heterocycles. The van der Waals surface area contributed by atoms with Gasteiger partial charge in [0.2, 0.25) is 0 Å². The first-order chi connectivity index (χ1) is 4.31. The van der Waals surface area contributed by atoms with Gasteiger partial charge in [-0.25, -0.2) is 0 Å². The summed E-state index contributed by atoms with van der Waals surface area (Å²) in [7, 11) is 0.451. The first-order valence-electron chi connectivity index (χ1n) is 3.65. The van der Waals surface area contributed by atoms with Gasteiger partial charge in [0.05, 0.1) is 0 Å². The van der Waals surface area contributed by atoms with Crippen LogP contribution in [0, 0.1) is 0 Å². The second-order valence-electron chi connectivity index (χ2n) is 2.95. The van der Waals surface area contributed by atoms with Crippen molar-refractivity contribution in [2.24, 2.45) is 0 Å². The van der Waals surface area contributed by atoms with Crippen molar-refractivity contribution in [2.75, 3.05) is 24.6 Å². The van der Waals surface area contributed by atoms with Crippen molar-refractivity contribution in [3.63, 3.8) is 0 Å². The van der Waals surface area contributed by atoms with E-state index in [1.165, 1.54) is 25.2 Å². The Morgan fingerprint density at radius 2 is 1.67 bits per heavy atom. The van der Waals surface area contributed by atoms with Gasteiger partial charge in [-0.05, 0) is 43.2 Å². The molecule has 0 amide bonds. The molecule has 2 fully saturated rings. The largest absolute Gasteiger partial charge is 0.0927 e. The number of hydrogen-bond acceptors (Lipinski definition) is 1. The molecule has 0 atom stereocenters. The van der Waals surface area contributed by atoms with E-state index < -0.39 is 5.73 Å². The molecule has 2 saturated heterocycles. The van der Waals surface area contributed by atoms with Crippen molar-refractivity contribution in [3.8, 4) is 0 Å². The van der Waals surface area contributed by atoms with Crippen LogP contribution in [0.2, 0.25) is 0 Å². The Bertz CT molecular complexity index is 152. The predicted octanol–water partition coefficient (Wildman–Crippen LogP) is 2.67. The van der Waals surface area contributed by atoms with E-state index in [4.69, 9.17) is 11.8 Å². The normalized spacial score (nSPS) is 49.6. The van der Waals surface area contributed by atoms with E-state index in [1.54, 1.807) is 12.3 Å². The zero-order valence-electron chi connectivity index (χ0n) is 5.55. The lowest BCUT2D eigenvalue weighted by molar-refractivity contribution is 1.07. The molecule has 0 aromatic carbocycles. The molecular weight excluding hydrogens is 166 g/mol. The topological polar surface area (TPSA) is 0 Å². The van der Waals surface area contributed by atoms with Crippen molar-refractivity contribution >= 4 is 25.1 Å². The van der Waals surface area contributed by atoms with Gasteiger partial charge >= 0.3 is 0 Å². The highest BCUT2D eigenvalue weighted by Crippen LogP contribution is 2.83. The van der Waals surface area contributed by atoms with Gasteiger partial charge < -0.3 is 0 Å². The summed E-state index contributed by atoms with van der Waals surface area (Å²) in [5.41, 5.74) is -0.633. The van der Waals surface area contributed by atoms with Gasteiger partial charge in [0.1, 0.15) is 0 Å². The van der Waals surface area contributed by atoms with Gasteiger partial charge in [-0.1, -0.05) is 19.4 Å². The first-order valence-corrected chi connectivity index (χ1v) is 9.24. The molecule has 3 heteroatoms. The summed E-state index contributed by atoms with van der Waals surface area (Å²) in [4.78, 5) is 0. The molecule has 0 saturated carbocycles. The molecule has 2 rings (SSSR count). The molecule has 0 unspecified atom stereocenters. The summed E-state index contributed by atoms with van der Waals surface area (Å²) >= 11 is 5.69. The monoisotopic (exact) mass is 178 g/mol. The molecule has 0 N–H and O–H groups in total. The first kappa shape index (κ1) is 6.77. The van der Waals surface area contributed by atoms with E-state index in [2.05, 4.69) is 0 Å². The molecule has 2 heterocycles. The van der Waals surface area contributed by atoms with Crippen LogP contribution in [-0.2, 0) is 11.8 Å². The minimum atomic E-state index is -0.633. The molecule has 0 radical (unpaired) electrons. The zero-order valence-corrected chi connectivity index (χ0v) is 8.15. The average molecular weight is 178 g/mol. The number of hydrogen-bond donors (Lipinski definition) is 0. The van der Waals surface area contributed by atoms with Crippen LogP contribution in [0.3, 0.4) is 0 Å². The molecule has 52 valence electrons. The quantitative estimate of drug-likeness (QED) is 0.514. The highest BCUT2D eigenvalue weighted by atomic mass is 32.6. The zero-order chi connectivity index (χ0) is 6.32. The van der Waals surface area contributed by atoms with Crippen LogP contribution in [-0.4, -0.2) is 24.6 Å². The summed E-state index contributed by atoms with van der Waals surface area (Å²) in [5, 5.41) is 0. The Kier molecular flexibility index (Phi) is 1.72. The van der Waals surface area contributed by atoms with Crippen molar-refractivity contribution in [1.29, 1.82) is 0 Å². The van der Waals surface area contributed by atoms with E-state index >= 15 is 0 Å². The van der Waals surface area contributed by atoms with Crippen molar-refractivity contribution < 1.29 is 0 Å². The molecule has 2 aliphatic rings. The van der Waals surface area contributed by atoms with Gasteiger partial charge in [0, 0.05) is 0 Å². The third kappa shape index (κ3) is 1.02. The Morgan fingerprint density at radius 1 is 1.11 bits per heavy atom. The summed E-state index contributed by atoms with van der Waals surface area (Å²) in [6.07, 6.45) is 9.03. The fourth-order valence-corrected chi connectivity index (χ4v) is 14.3. The lowest BCUT2D eigenvalue weighted by atomic mass is 10.5. The molecule has 0 aromatic rings.